The van der Waals surface area contributed by atoms with E-state index in [0.29, 0.717) is 6.54 Å². The molecule has 2 aromatic rings. The first-order valence-electron chi connectivity index (χ1n) is 5.77. The molecule has 84 valence electrons. The van der Waals surface area contributed by atoms with Crippen molar-refractivity contribution in [2.24, 2.45) is 0 Å². The van der Waals surface area contributed by atoms with Crippen molar-refractivity contribution < 1.29 is 4.79 Å². The lowest BCUT2D eigenvalue weighted by atomic mass is 10.0. The van der Waals surface area contributed by atoms with Gasteiger partial charge in [0.05, 0.1) is 0 Å². The maximum Gasteiger partial charge on any atom is 0.251 e. The quantitative estimate of drug-likeness (QED) is 0.832. The molecule has 1 aliphatic heterocycles. The van der Waals surface area contributed by atoms with Gasteiger partial charge in [-0.15, -0.1) is 0 Å². The van der Waals surface area contributed by atoms with E-state index in [2.05, 4.69) is 23.5 Å². The van der Waals surface area contributed by atoms with Crippen LogP contribution in [0.15, 0.2) is 48.5 Å². The number of hydrogen-bond acceptors (Lipinski definition) is 1. The van der Waals surface area contributed by atoms with Crippen molar-refractivity contribution in [3.63, 3.8) is 0 Å². The van der Waals surface area contributed by atoms with E-state index < -0.39 is 0 Å². The van der Waals surface area contributed by atoms with Gasteiger partial charge in [-0.05, 0) is 29.2 Å². The minimum Gasteiger partial charge on any atom is -0.348 e. The molecule has 0 unspecified atom stereocenters. The summed E-state index contributed by atoms with van der Waals surface area (Å²) in [6, 6.07) is 16.5. The van der Waals surface area contributed by atoms with Crippen LogP contribution < -0.4 is 5.32 Å². The van der Waals surface area contributed by atoms with Crippen molar-refractivity contribution in [3.8, 4) is 0 Å². The summed E-state index contributed by atoms with van der Waals surface area (Å²) in [5.74, 6) is 0.0508. The van der Waals surface area contributed by atoms with Gasteiger partial charge in [0.2, 0.25) is 0 Å². The van der Waals surface area contributed by atoms with Crippen molar-refractivity contribution in [2.75, 3.05) is 0 Å². The molecule has 0 fully saturated rings. The molecule has 0 spiro atoms. The molecule has 3 rings (SSSR count). The van der Waals surface area contributed by atoms with E-state index in [4.69, 9.17) is 0 Å². The van der Waals surface area contributed by atoms with E-state index >= 15 is 0 Å². The van der Waals surface area contributed by atoms with E-state index in [0.717, 1.165) is 17.5 Å². The van der Waals surface area contributed by atoms with Crippen LogP contribution in [-0.2, 0) is 13.0 Å². The standard InChI is InChI=1S/C15H13NO/c17-15-14-9-12(6-7-13(14)10-16-15)8-11-4-2-1-3-5-11/h1-7,9H,8,10H2,(H,16,17). The monoisotopic (exact) mass is 223 g/mol. The molecule has 2 nitrogen and oxygen atoms in total. The van der Waals surface area contributed by atoms with Crippen molar-refractivity contribution in [1.29, 1.82) is 0 Å². The Labute approximate surface area is 100 Å². The third-order valence-electron chi connectivity index (χ3n) is 3.11. The Bertz CT molecular complexity index is 560. The fourth-order valence-corrected chi connectivity index (χ4v) is 2.20. The highest BCUT2D eigenvalue weighted by Crippen LogP contribution is 2.19. The van der Waals surface area contributed by atoms with Gasteiger partial charge in [-0.3, -0.25) is 4.79 Å². The summed E-state index contributed by atoms with van der Waals surface area (Å²) in [5.41, 5.74) is 4.39. The first-order valence-corrected chi connectivity index (χ1v) is 5.77. The Hall–Kier alpha value is -2.09. The second-order valence-electron chi connectivity index (χ2n) is 4.34. The van der Waals surface area contributed by atoms with Crippen LogP contribution in [0.5, 0.6) is 0 Å². The third-order valence-corrected chi connectivity index (χ3v) is 3.11. The molecule has 0 saturated heterocycles. The fraction of sp³-hybridized carbons (Fsp3) is 0.133. The van der Waals surface area contributed by atoms with Crippen molar-refractivity contribution in [1.82, 2.24) is 5.32 Å². The zero-order valence-electron chi connectivity index (χ0n) is 9.44. The Kier molecular flexibility index (Phi) is 2.41. The van der Waals surface area contributed by atoms with E-state index in [1.54, 1.807) is 0 Å². The largest absolute Gasteiger partial charge is 0.348 e. The molecule has 0 radical (unpaired) electrons. The van der Waals surface area contributed by atoms with Crippen LogP contribution in [0.1, 0.15) is 27.0 Å². The maximum absolute atomic E-state index is 11.6. The first-order chi connectivity index (χ1) is 8.33. The molecular weight excluding hydrogens is 210 g/mol. The van der Waals surface area contributed by atoms with Gasteiger partial charge >= 0.3 is 0 Å². The van der Waals surface area contributed by atoms with Gasteiger partial charge in [0.15, 0.2) is 0 Å². The first kappa shape index (κ1) is 10.1. The number of hydrogen-bond donors (Lipinski definition) is 1. The molecule has 1 aliphatic rings. The lowest BCUT2D eigenvalue weighted by molar-refractivity contribution is 0.0965. The number of nitrogens with one attached hydrogen (secondary N) is 1. The molecule has 0 atom stereocenters. The minimum absolute atomic E-state index is 0.0508. The van der Waals surface area contributed by atoms with Gasteiger partial charge in [-0.1, -0.05) is 42.5 Å². The molecule has 17 heavy (non-hydrogen) atoms. The van der Waals surface area contributed by atoms with Crippen molar-refractivity contribution in [2.45, 2.75) is 13.0 Å². The topological polar surface area (TPSA) is 29.1 Å². The lowest BCUT2D eigenvalue weighted by Gasteiger charge is -2.03. The SMILES string of the molecule is O=C1NCc2ccc(Cc3ccccc3)cc21. The normalized spacial score (nSPS) is 13.3. The Morgan fingerprint density at radius 3 is 2.65 bits per heavy atom. The van der Waals surface area contributed by atoms with Crippen LogP contribution in [0, 0.1) is 0 Å². The van der Waals surface area contributed by atoms with Crippen LogP contribution in [0.4, 0.5) is 0 Å². The van der Waals surface area contributed by atoms with E-state index in [1.165, 1.54) is 11.1 Å². The summed E-state index contributed by atoms with van der Waals surface area (Å²) >= 11 is 0. The highest BCUT2D eigenvalue weighted by Gasteiger charge is 2.18. The number of rotatable bonds is 2. The average molecular weight is 223 g/mol. The van der Waals surface area contributed by atoms with Crippen molar-refractivity contribution in [3.05, 3.63) is 70.8 Å². The van der Waals surface area contributed by atoms with Gasteiger partial charge in [0, 0.05) is 12.1 Å². The fourth-order valence-electron chi connectivity index (χ4n) is 2.20. The minimum atomic E-state index is 0.0508. The number of amides is 1. The number of fused-ring (bicyclic) bond motifs is 1. The Morgan fingerprint density at radius 1 is 1.00 bits per heavy atom. The number of benzene rings is 2. The molecule has 0 bridgehead atoms. The van der Waals surface area contributed by atoms with E-state index in [1.807, 2.05) is 30.3 Å². The number of carbonyl (C=O) groups excluding carboxylic acids is 1. The second kappa shape index (κ2) is 4.06. The van der Waals surface area contributed by atoms with Crippen LogP contribution in [0.25, 0.3) is 0 Å². The molecule has 0 aliphatic carbocycles. The smallest absolute Gasteiger partial charge is 0.251 e. The number of carbonyl (C=O) groups is 1. The summed E-state index contributed by atoms with van der Waals surface area (Å²) in [4.78, 5) is 11.6. The summed E-state index contributed by atoms with van der Waals surface area (Å²) in [5, 5.41) is 2.84. The molecule has 2 heteroatoms. The molecule has 1 heterocycles. The maximum atomic E-state index is 11.6. The van der Waals surface area contributed by atoms with E-state index in [9.17, 15) is 4.79 Å². The molecule has 1 amide bonds. The zero-order chi connectivity index (χ0) is 11.7. The highest BCUT2D eigenvalue weighted by molar-refractivity contribution is 5.98. The summed E-state index contributed by atoms with van der Waals surface area (Å²) in [6.45, 7) is 0.666. The summed E-state index contributed by atoms with van der Waals surface area (Å²) in [6.07, 6.45) is 0.876. The molecule has 2 aromatic carbocycles. The van der Waals surface area contributed by atoms with Crippen LogP contribution >= 0.6 is 0 Å². The van der Waals surface area contributed by atoms with Gasteiger partial charge < -0.3 is 5.32 Å². The average Bonchev–Trinajstić information content (AvgIpc) is 2.73. The lowest BCUT2D eigenvalue weighted by Crippen LogP contribution is -2.12. The molecular formula is C15H13NO. The van der Waals surface area contributed by atoms with Gasteiger partial charge in [-0.25, -0.2) is 0 Å². The predicted molar refractivity (Wildman–Crippen MR) is 66.9 cm³/mol. The molecule has 1 N–H and O–H groups in total. The summed E-state index contributed by atoms with van der Waals surface area (Å²) < 4.78 is 0. The Morgan fingerprint density at radius 2 is 1.82 bits per heavy atom. The molecule has 0 aromatic heterocycles. The van der Waals surface area contributed by atoms with Crippen LogP contribution in [-0.4, -0.2) is 5.91 Å². The Balaban J connectivity index is 1.90. The van der Waals surface area contributed by atoms with Gasteiger partial charge in [0.1, 0.15) is 0 Å². The highest BCUT2D eigenvalue weighted by atomic mass is 16.1. The van der Waals surface area contributed by atoms with Crippen LogP contribution in [0.2, 0.25) is 0 Å². The van der Waals surface area contributed by atoms with Gasteiger partial charge in [0.25, 0.3) is 5.91 Å². The predicted octanol–water partition coefficient (Wildman–Crippen LogP) is 2.52. The summed E-state index contributed by atoms with van der Waals surface area (Å²) in [7, 11) is 0. The van der Waals surface area contributed by atoms with E-state index in [-0.39, 0.29) is 5.91 Å². The zero-order valence-corrected chi connectivity index (χ0v) is 9.44. The second-order valence-corrected chi connectivity index (χ2v) is 4.34. The van der Waals surface area contributed by atoms with Crippen molar-refractivity contribution >= 4 is 5.91 Å². The van der Waals surface area contributed by atoms with Crippen LogP contribution in [0.3, 0.4) is 0 Å². The third kappa shape index (κ3) is 1.94. The van der Waals surface area contributed by atoms with Gasteiger partial charge in [-0.2, -0.15) is 0 Å². The molecule has 0 saturated carbocycles.